The van der Waals surface area contributed by atoms with Crippen molar-refractivity contribution in [1.82, 2.24) is 4.90 Å². The maximum atomic E-state index is 12.6. The van der Waals surface area contributed by atoms with Crippen LogP contribution in [0.4, 0.5) is 0 Å². The van der Waals surface area contributed by atoms with E-state index >= 15 is 0 Å². The summed E-state index contributed by atoms with van der Waals surface area (Å²) in [5, 5.41) is 0. The third-order valence-corrected chi connectivity index (χ3v) is 10.4. The Morgan fingerprint density at radius 1 is 1.10 bits per heavy atom. The minimum Gasteiger partial charge on any atom is -0.492 e. The zero-order chi connectivity index (χ0) is 26.7. The molecule has 2 aromatic rings. The average molecular weight is 528 g/mol. The Bertz CT molecular complexity index is 1390. The molecule has 0 spiro atoms. The molecule has 0 amide bonds. The second-order valence-electron chi connectivity index (χ2n) is 12.2. The summed E-state index contributed by atoms with van der Waals surface area (Å²) < 4.78 is 23.3. The number of hydrogen-bond acceptors (Lipinski definition) is 6. The minimum absolute atomic E-state index is 0.0713. The van der Waals surface area contributed by atoms with Crippen LogP contribution in [0, 0.1) is 29.1 Å². The Morgan fingerprint density at radius 3 is 2.87 bits per heavy atom. The van der Waals surface area contributed by atoms with Gasteiger partial charge in [-0.15, -0.1) is 0 Å². The molecule has 0 N–H and O–H groups in total. The van der Waals surface area contributed by atoms with E-state index in [-0.39, 0.29) is 18.2 Å². The van der Waals surface area contributed by atoms with Crippen molar-refractivity contribution in [3.8, 4) is 34.8 Å². The minimum atomic E-state index is -0.0956. The summed E-state index contributed by atoms with van der Waals surface area (Å²) in [6.45, 7) is 3.71. The van der Waals surface area contributed by atoms with Crippen molar-refractivity contribution in [2.24, 2.45) is 17.3 Å². The Hall–Kier alpha value is -3.17. The normalized spacial score (nSPS) is 30.4. The number of Topliss-reactive ketones (excluding diaryl/α,β-unsaturated/α-hetero) is 1. The van der Waals surface area contributed by atoms with Gasteiger partial charge in [0.1, 0.15) is 24.2 Å². The van der Waals surface area contributed by atoms with Gasteiger partial charge in [0.2, 0.25) is 12.5 Å². The van der Waals surface area contributed by atoms with Crippen LogP contribution in [0.3, 0.4) is 0 Å². The molecule has 5 atom stereocenters. The molecule has 2 fully saturated rings. The number of carbonyl (C=O) groups excluding carboxylic acids is 1. The van der Waals surface area contributed by atoms with E-state index in [1.54, 1.807) is 7.11 Å². The number of hydrogen-bond donors (Lipinski definition) is 0. The smallest absolute Gasteiger partial charge is 0.231 e. The molecule has 0 aromatic heterocycles. The summed E-state index contributed by atoms with van der Waals surface area (Å²) in [6, 6.07) is 8.61. The fourth-order valence-corrected chi connectivity index (χ4v) is 8.29. The van der Waals surface area contributed by atoms with E-state index in [0.717, 1.165) is 67.9 Å². The van der Waals surface area contributed by atoms with E-state index in [9.17, 15) is 4.79 Å². The fraction of sp³-hybridized carbons (Fsp3) is 0.545. The van der Waals surface area contributed by atoms with Crippen LogP contribution in [0.2, 0.25) is 0 Å². The molecule has 2 heterocycles. The first kappa shape index (κ1) is 24.8. The molecule has 6 heteroatoms. The quantitative estimate of drug-likeness (QED) is 0.494. The van der Waals surface area contributed by atoms with E-state index in [0.29, 0.717) is 35.9 Å². The number of rotatable bonds is 3. The maximum absolute atomic E-state index is 12.6. The zero-order valence-corrected chi connectivity index (χ0v) is 23.2. The summed E-state index contributed by atoms with van der Waals surface area (Å²) >= 11 is 0. The van der Waals surface area contributed by atoms with Crippen molar-refractivity contribution in [3.63, 3.8) is 0 Å². The van der Waals surface area contributed by atoms with Gasteiger partial charge in [-0.1, -0.05) is 24.8 Å². The lowest BCUT2D eigenvalue weighted by Crippen LogP contribution is -2.42. The van der Waals surface area contributed by atoms with E-state index < -0.39 is 0 Å². The molecule has 0 radical (unpaired) electrons. The fourth-order valence-electron chi connectivity index (χ4n) is 8.29. The van der Waals surface area contributed by atoms with Crippen LogP contribution in [0.25, 0.3) is 0 Å². The molecule has 0 saturated heterocycles. The first-order valence-electron chi connectivity index (χ1n) is 14.4. The molecule has 3 aliphatic carbocycles. The van der Waals surface area contributed by atoms with Gasteiger partial charge in [0.15, 0.2) is 11.5 Å². The van der Waals surface area contributed by atoms with Crippen molar-refractivity contribution in [2.45, 2.75) is 63.8 Å². The lowest BCUT2D eigenvalue weighted by Gasteiger charge is -2.48. The number of nitrogens with zero attached hydrogens (tertiary/aromatic N) is 1. The van der Waals surface area contributed by atoms with E-state index in [4.69, 9.17) is 18.9 Å². The topological polar surface area (TPSA) is 57.2 Å². The summed E-state index contributed by atoms with van der Waals surface area (Å²) in [5.41, 5.74) is 5.10. The molecular formula is C33H37NO5. The molecule has 204 valence electrons. The van der Waals surface area contributed by atoms with Gasteiger partial charge in [-0.2, -0.15) is 0 Å². The van der Waals surface area contributed by atoms with Gasteiger partial charge in [0.25, 0.3) is 0 Å². The molecular weight excluding hydrogens is 490 g/mol. The molecule has 2 aliphatic heterocycles. The van der Waals surface area contributed by atoms with Gasteiger partial charge >= 0.3 is 0 Å². The highest BCUT2D eigenvalue weighted by atomic mass is 16.7. The highest BCUT2D eigenvalue weighted by molar-refractivity contribution is 5.87. The second kappa shape index (κ2) is 9.48. The van der Waals surface area contributed by atoms with Crippen molar-refractivity contribution in [2.75, 3.05) is 34.1 Å². The van der Waals surface area contributed by atoms with Crippen molar-refractivity contribution in [3.05, 3.63) is 46.5 Å². The van der Waals surface area contributed by atoms with Gasteiger partial charge in [0.05, 0.1) is 7.11 Å². The lowest BCUT2D eigenvalue weighted by atomic mass is 9.55. The largest absolute Gasteiger partial charge is 0.492 e. The number of aryl methyl sites for hydroxylation is 1. The van der Waals surface area contributed by atoms with Gasteiger partial charge in [-0.3, -0.25) is 9.69 Å². The first-order chi connectivity index (χ1) is 19.0. The van der Waals surface area contributed by atoms with Crippen LogP contribution in [-0.2, 0) is 17.6 Å². The van der Waals surface area contributed by atoms with Crippen LogP contribution < -0.4 is 18.9 Å². The molecule has 2 saturated carbocycles. The van der Waals surface area contributed by atoms with Gasteiger partial charge in [-0.25, -0.2) is 0 Å². The molecule has 0 unspecified atom stereocenters. The van der Waals surface area contributed by atoms with Crippen LogP contribution in [0.1, 0.15) is 73.2 Å². The predicted molar refractivity (Wildman–Crippen MR) is 148 cm³/mol. The number of methoxy groups -OCH3 is 1. The number of fused-ring (bicyclic) bond motifs is 7. The predicted octanol–water partition coefficient (Wildman–Crippen LogP) is 5.46. The van der Waals surface area contributed by atoms with Gasteiger partial charge in [-0.05, 0) is 98.2 Å². The third kappa shape index (κ3) is 3.92. The van der Waals surface area contributed by atoms with Crippen LogP contribution >= 0.6 is 0 Å². The van der Waals surface area contributed by atoms with Crippen molar-refractivity contribution < 1.29 is 23.7 Å². The summed E-state index contributed by atoms with van der Waals surface area (Å²) in [7, 11) is 3.77. The number of ether oxygens (including phenoxy) is 4. The monoisotopic (exact) mass is 527 g/mol. The Balaban J connectivity index is 1.06. The number of carbonyl (C=O) groups is 1. The van der Waals surface area contributed by atoms with Gasteiger partial charge in [0, 0.05) is 23.9 Å². The Kier molecular flexibility index (Phi) is 6.04. The van der Waals surface area contributed by atoms with Crippen molar-refractivity contribution in [1.29, 1.82) is 0 Å². The highest BCUT2D eigenvalue weighted by Crippen LogP contribution is 2.59. The number of likely N-dealkylation sites (N-methyl/N-ethyl adjacent to an activating group) is 1. The van der Waals surface area contributed by atoms with Crippen LogP contribution in [-0.4, -0.2) is 44.8 Å². The number of benzene rings is 2. The molecule has 6 nitrogen and oxygen atoms in total. The Labute approximate surface area is 230 Å². The standard InChI is InChI=1S/C33H37NO5/c1-33-14-12-24-23-9-7-22(17-20(23)6-8-25(24)26(33)10-11-29(33)35)37-16-4-5-27-30-21(13-15-34(27)2)18-28-31(32(30)36-3)39-19-38-28/h7,9,17-18,24-27H,6,8,10-16,19H2,1-3H3/t24-,25-,26-,27+,33-/m0/s1. The molecule has 39 heavy (non-hydrogen) atoms. The van der Waals surface area contributed by atoms with Crippen molar-refractivity contribution >= 4 is 5.78 Å². The van der Waals surface area contributed by atoms with E-state index in [2.05, 4.69) is 55.0 Å². The summed E-state index contributed by atoms with van der Waals surface area (Å²) in [4.78, 5) is 14.9. The molecule has 2 aromatic carbocycles. The van der Waals surface area contributed by atoms with Crippen LogP contribution in [0.15, 0.2) is 24.3 Å². The maximum Gasteiger partial charge on any atom is 0.231 e. The SMILES string of the molecule is COc1c2c(cc3c1[C@@H](C#CCOc1ccc4c(c1)CC[C@H]1[C@H]4CC[C@]4(C)C(=O)CC[C@@H]14)N(C)CC3)OCO2. The first-order valence-corrected chi connectivity index (χ1v) is 14.4. The van der Waals surface area contributed by atoms with Gasteiger partial charge < -0.3 is 18.9 Å². The van der Waals surface area contributed by atoms with Crippen LogP contribution in [0.5, 0.6) is 23.0 Å². The van der Waals surface area contributed by atoms with E-state index in [1.807, 2.05) is 0 Å². The summed E-state index contributed by atoms with van der Waals surface area (Å²) in [5.74, 6) is 12.1. The third-order valence-electron chi connectivity index (χ3n) is 10.4. The molecule has 5 aliphatic rings. The average Bonchev–Trinajstić information content (AvgIpc) is 3.54. The zero-order valence-electron chi connectivity index (χ0n) is 23.2. The number of ketones is 1. The highest BCUT2D eigenvalue weighted by Gasteiger charge is 2.54. The van der Waals surface area contributed by atoms with E-state index in [1.165, 1.54) is 23.1 Å². The second-order valence-corrected chi connectivity index (χ2v) is 12.2. The lowest BCUT2D eigenvalue weighted by molar-refractivity contribution is -0.129. The molecule has 0 bridgehead atoms. The Morgan fingerprint density at radius 2 is 2.00 bits per heavy atom. The summed E-state index contributed by atoms with van der Waals surface area (Å²) in [6.07, 6.45) is 7.20. The molecule has 7 rings (SSSR count).